The molecule has 0 aliphatic heterocycles. The zero-order chi connectivity index (χ0) is 21.5. The van der Waals surface area contributed by atoms with E-state index >= 15 is 0 Å². The van der Waals surface area contributed by atoms with Crippen LogP contribution in [0.4, 0.5) is 35.1 Å². The van der Waals surface area contributed by atoms with Gasteiger partial charge >= 0.3 is 12.4 Å². The first-order valence-electron chi connectivity index (χ1n) is 7.68. The molecule has 0 aromatic heterocycles. The van der Waals surface area contributed by atoms with Gasteiger partial charge in [-0.2, -0.15) is 31.6 Å². The molecule has 0 bridgehead atoms. The normalized spacial score (nSPS) is 11.4. The molecule has 2 nitrogen and oxygen atoms in total. The van der Waals surface area contributed by atoms with Crippen molar-refractivity contribution in [3.63, 3.8) is 0 Å². The lowest BCUT2D eigenvalue weighted by molar-refractivity contribution is -0.139. The van der Waals surface area contributed by atoms with Crippen molar-refractivity contribution >= 4 is 0 Å². The second-order valence-electron chi connectivity index (χ2n) is 5.47. The van der Waals surface area contributed by atoms with Gasteiger partial charge in [-0.25, -0.2) is 8.78 Å². The van der Waals surface area contributed by atoms with Gasteiger partial charge < -0.3 is 5.73 Å². The minimum absolute atomic E-state index is 0.0204. The summed E-state index contributed by atoms with van der Waals surface area (Å²) in [7, 11) is 0. The average Bonchev–Trinajstić information content (AvgIpc) is 2.54. The van der Waals surface area contributed by atoms with Crippen LogP contribution >= 0.6 is 0 Å². The highest BCUT2D eigenvalue weighted by Gasteiger charge is 2.33. The van der Waals surface area contributed by atoms with E-state index in [-0.39, 0.29) is 24.1 Å². The van der Waals surface area contributed by atoms with Crippen LogP contribution in [0.1, 0.15) is 22.3 Å². The molecule has 0 aliphatic carbocycles. The van der Waals surface area contributed by atoms with Crippen molar-refractivity contribution in [3.05, 3.63) is 70.3 Å². The van der Waals surface area contributed by atoms with Crippen LogP contribution in [0, 0.1) is 23.0 Å². The number of rotatable bonds is 3. The fourth-order valence-corrected chi connectivity index (χ4v) is 2.27. The highest BCUT2D eigenvalue weighted by molar-refractivity contribution is 5.32. The van der Waals surface area contributed by atoms with Crippen molar-refractivity contribution in [2.45, 2.75) is 25.2 Å². The number of hydrogen-bond acceptors (Lipinski definition) is 2. The zero-order valence-electron chi connectivity index (χ0n) is 14.1. The molecule has 0 spiro atoms. The predicted octanol–water partition coefficient (Wildman–Crippen LogP) is 5.26. The summed E-state index contributed by atoms with van der Waals surface area (Å²) >= 11 is 0. The summed E-state index contributed by atoms with van der Waals surface area (Å²) in [5.41, 5.74) is 2.93. The number of nitrogens with two attached hydrogens (primary N) is 1. The minimum atomic E-state index is -4.54. The topological polar surface area (TPSA) is 49.8 Å². The predicted molar refractivity (Wildman–Crippen MR) is 84.9 cm³/mol. The van der Waals surface area contributed by atoms with Gasteiger partial charge in [-0.05, 0) is 60.5 Å². The second kappa shape index (κ2) is 9.50. The molecule has 28 heavy (non-hydrogen) atoms. The largest absolute Gasteiger partial charge is 0.416 e. The molecule has 0 aliphatic rings. The summed E-state index contributed by atoms with van der Waals surface area (Å²) in [6.45, 7) is 0.0620. The Kier molecular flexibility index (Phi) is 7.93. The van der Waals surface area contributed by atoms with Crippen LogP contribution in [-0.2, 0) is 25.2 Å². The maximum atomic E-state index is 12.7. The van der Waals surface area contributed by atoms with E-state index in [2.05, 4.69) is 0 Å². The van der Waals surface area contributed by atoms with Gasteiger partial charge in [-0.15, -0.1) is 0 Å². The van der Waals surface area contributed by atoms with Gasteiger partial charge in [0.15, 0.2) is 0 Å². The Hall–Kier alpha value is -2.67. The van der Waals surface area contributed by atoms with Crippen LogP contribution in [0.5, 0.6) is 0 Å². The van der Waals surface area contributed by atoms with Crippen LogP contribution in [0.3, 0.4) is 0 Å². The van der Waals surface area contributed by atoms with Gasteiger partial charge in [-0.1, -0.05) is 0 Å². The van der Waals surface area contributed by atoms with Crippen LogP contribution in [0.2, 0.25) is 0 Å². The third kappa shape index (κ3) is 6.81. The number of alkyl halides is 6. The molecule has 152 valence electrons. The Bertz CT molecular complexity index is 835. The van der Waals surface area contributed by atoms with Crippen molar-refractivity contribution in [3.8, 4) is 6.07 Å². The SMILES string of the molecule is N#CCc1cc(F)ccc1C(F)(F)F.NCCc1cc(F)ccc1C(F)(F)F. The fraction of sp³-hybridized carbons (Fsp3) is 0.278. The molecule has 10 heteroatoms. The summed E-state index contributed by atoms with van der Waals surface area (Å²) in [6.07, 6.45) is -9.42. The van der Waals surface area contributed by atoms with E-state index in [1.165, 1.54) is 0 Å². The van der Waals surface area contributed by atoms with Crippen molar-refractivity contribution in [1.82, 2.24) is 0 Å². The van der Waals surface area contributed by atoms with Crippen LogP contribution in [0.15, 0.2) is 36.4 Å². The molecular formula is C18H14F8N2. The molecule has 2 aromatic rings. The molecule has 2 N–H and O–H groups in total. The van der Waals surface area contributed by atoms with Gasteiger partial charge in [0.25, 0.3) is 0 Å². The lowest BCUT2D eigenvalue weighted by Crippen LogP contribution is -2.12. The van der Waals surface area contributed by atoms with Crippen molar-refractivity contribution in [2.75, 3.05) is 6.54 Å². The van der Waals surface area contributed by atoms with Crippen LogP contribution in [0.25, 0.3) is 0 Å². The van der Waals surface area contributed by atoms with Gasteiger partial charge in [0.1, 0.15) is 11.6 Å². The van der Waals surface area contributed by atoms with Crippen molar-refractivity contribution in [1.29, 1.82) is 5.26 Å². The molecular weight excluding hydrogens is 396 g/mol. The third-order valence-electron chi connectivity index (χ3n) is 3.43. The number of benzene rings is 2. The van der Waals surface area contributed by atoms with Gasteiger partial charge in [-0.3, -0.25) is 0 Å². The standard InChI is InChI=1S/C9H9F4N.C9H5F4N/c2*10-7-1-2-8(9(11,12)13)6(5-7)3-4-14/h1-2,5H,3-4,14H2;1-2,5H,3H2. The Morgan fingerprint density at radius 3 is 1.61 bits per heavy atom. The van der Waals surface area contributed by atoms with E-state index in [4.69, 9.17) is 11.0 Å². The van der Waals surface area contributed by atoms with E-state index in [1.54, 1.807) is 6.07 Å². The quantitative estimate of drug-likeness (QED) is 0.703. The number of halogens is 8. The molecule has 2 aromatic carbocycles. The Labute approximate surface area is 155 Å². The zero-order valence-corrected chi connectivity index (χ0v) is 14.1. The molecule has 2 rings (SSSR count). The molecule has 0 saturated carbocycles. The number of hydrogen-bond donors (Lipinski definition) is 1. The third-order valence-corrected chi connectivity index (χ3v) is 3.43. The average molecular weight is 410 g/mol. The molecule has 0 unspecified atom stereocenters. The maximum Gasteiger partial charge on any atom is 0.416 e. The van der Waals surface area contributed by atoms with Crippen molar-refractivity contribution in [2.24, 2.45) is 5.73 Å². The Morgan fingerprint density at radius 1 is 0.786 bits per heavy atom. The molecule has 0 amide bonds. The van der Waals surface area contributed by atoms with Crippen LogP contribution < -0.4 is 5.73 Å². The van der Waals surface area contributed by atoms with E-state index in [0.29, 0.717) is 6.07 Å². The van der Waals surface area contributed by atoms with E-state index in [0.717, 1.165) is 30.3 Å². The minimum Gasteiger partial charge on any atom is -0.330 e. The molecule has 0 saturated heterocycles. The first kappa shape index (κ1) is 23.4. The summed E-state index contributed by atoms with van der Waals surface area (Å²) in [6, 6.07) is 6.05. The summed E-state index contributed by atoms with van der Waals surface area (Å²) in [5.74, 6) is -1.45. The first-order valence-corrected chi connectivity index (χ1v) is 7.68. The van der Waals surface area contributed by atoms with Gasteiger partial charge in [0.05, 0.1) is 23.6 Å². The Morgan fingerprint density at radius 2 is 1.21 bits per heavy atom. The molecule has 0 heterocycles. The van der Waals surface area contributed by atoms with E-state index < -0.39 is 41.5 Å². The fourth-order valence-electron chi connectivity index (χ4n) is 2.27. The molecule has 0 radical (unpaired) electrons. The summed E-state index contributed by atoms with van der Waals surface area (Å²) in [5, 5.41) is 8.26. The monoisotopic (exact) mass is 410 g/mol. The second-order valence-corrected chi connectivity index (χ2v) is 5.47. The van der Waals surface area contributed by atoms with Crippen LogP contribution in [-0.4, -0.2) is 6.54 Å². The molecule has 0 atom stereocenters. The number of nitriles is 1. The first-order chi connectivity index (χ1) is 12.9. The maximum absolute atomic E-state index is 12.7. The summed E-state index contributed by atoms with van der Waals surface area (Å²) < 4.78 is 99.1. The summed E-state index contributed by atoms with van der Waals surface area (Å²) in [4.78, 5) is 0. The van der Waals surface area contributed by atoms with Crippen molar-refractivity contribution < 1.29 is 35.1 Å². The van der Waals surface area contributed by atoms with Gasteiger partial charge in [0.2, 0.25) is 0 Å². The smallest absolute Gasteiger partial charge is 0.330 e. The highest BCUT2D eigenvalue weighted by atomic mass is 19.4. The molecule has 0 fully saturated rings. The van der Waals surface area contributed by atoms with E-state index in [1.807, 2.05) is 0 Å². The number of nitrogens with zero attached hydrogens (tertiary/aromatic N) is 1. The highest BCUT2D eigenvalue weighted by Crippen LogP contribution is 2.33. The van der Waals surface area contributed by atoms with E-state index in [9.17, 15) is 35.1 Å². The lowest BCUT2D eigenvalue weighted by Gasteiger charge is -2.11. The van der Waals surface area contributed by atoms with Gasteiger partial charge in [0, 0.05) is 0 Å². The lowest BCUT2D eigenvalue weighted by atomic mass is 10.0. The Balaban J connectivity index is 0.000000280.